The minimum Gasteiger partial charge on any atom is -0.490 e. The molecule has 0 fully saturated rings. The van der Waals surface area contributed by atoms with Crippen LogP contribution in [0.2, 0.25) is 0 Å². The summed E-state index contributed by atoms with van der Waals surface area (Å²) in [5, 5.41) is 2.30. The molecule has 0 heterocycles. The highest BCUT2D eigenvalue weighted by Crippen LogP contribution is 2.07. The highest BCUT2D eigenvalue weighted by atomic mass is 19.1. The molecule has 0 aliphatic carbocycles. The largest absolute Gasteiger partial charge is 0.490 e. The van der Waals surface area contributed by atoms with Crippen LogP contribution < -0.4 is 10.1 Å². The van der Waals surface area contributed by atoms with Crippen LogP contribution >= 0.6 is 0 Å². The fraction of sp³-hybridized carbons (Fsp3) is 0.176. The standard InChI is InChI=1S/C17H16FNO4/c18-15-9-5-4-8-14(15)17(21)19-12-16(20)23-11-10-22-13-6-2-1-3-7-13/h1-9H,10-12H2,(H,19,21). The van der Waals surface area contributed by atoms with Crippen molar-refractivity contribution in [2.45, 2.75) is 0 Å². The van der Waals surface area contributed by atoms with E-state index in [1.165, 1.54) is 24.3 Å². The zero-order valence-electron chi connectivity index (χ0n) is 12.3. The lowest BCUT2D eigenvalue weighted by Gasteiger charge is -2.08. The van der Waals surface area contributed by atoms with Gasteiger partial charge in [0.05, 0.1) is 5.56 Å². The van der Waals surface area contributed by atoms with E-state index in [4.69, 9.17) is 9.47 Å². The predicted molar refractivity (Wildman–Crippen MR) is 81.6 cm³/mol. The number of hydrogen-bond donors (Lipinski definition) is 1. The maximum Gasteiger partial charge on any atom is 0.325 e. The summed E-state index contributed by atoms with van der Waals surface area (Å²) < 4.78 is 23.6. The number of esters is 1. The van der Waals surface area contributed by atoms with E-state index in [0.717, 1.165) is 0 Å². The van der Waals surface area contributed by atoms with Crippen LogP contribution in [0.15, 0.2) is 54.6 Å². The zero-order valence-corrected chi connectivity index (χ0v) is 12.3. The first-order valence-corrected chi connectivity index (χ1v) is 7.03. The molecule has 2 aromatic rings. The number of carbonyl (C=O) groups excluding carboxylic acids is 2. The highest BCUT2D eigenvalue weighted by Gasteiger charge is 2.12. The highest BCUT2D eigenvalue weighted by molar-refractivity contribution is 5.96. The summed E-state index contributed by atoms with van der Waals surface area (Å²) in [4.78, 5) is 23.2. The van der Waals surface area contributed by atoms with Crippen molar-refractivity contribution in [3.05, 3.63) is 66.0 Å². The van der Waals surface area contributed by atoms with Gasteiger partial charge in [0.1, 0.15) is 31.3 Å². The van der Waals surface area contributed by atoms with E-state index < -0.39 is 17.7 Å². The van der Waals surface area contributed by atoms with Gasteiger partial charge in [-0.15, -0.1) is 0 Å². The molecule has 120 valence electrons. The molecule has 23 heavy (non-hydrogen) atoms. The summed E-state index contributed by atoms with van der Waals surface area (Å²) in [6.45, 7) is -0.0706. The number of hydrogen-bond acceptors (Lipinski definition) is 4. The number of para-hydroxylation sites is 1. The van der Waals surface area contributed by atoms with Gasteiger partial charge >= 0.3 is 5.97 Å². The Bertz CT molecular complexity index is 661. The van der Waals surface area contributed by atoms with Crippen molar-refractivity contribution >= 4 is 11.9 Å². The van der Waals surface area contributed by atoms with E-state index in [1.807, 2.05) is 18.2 Å². The molecular weight excluding hydrogens is 301 g/mol. The number of benzene rings is 2. The van der Waals surface area contributed by atoms with Crippen molar-refractivity contribution < 1.29 is 23.5 Å². The van der Waals surface area contributed by atoms with E-state index in [9.17, 15) is 14.0 Å². The van der Waals surface area contributed by atoms with Gasteiger partial charge in [0, 0.05) is 0 Å². The lowest BCUT2D eigenvalue weighted by atomic mass is 10.2. The van der Waals surface area contributed by atoms with E-state index in [-0.39, 0.29) is 25.3 Å². The fourth-order valence-electron chi connectivity index (χ4n) is 1.78. The first-order valence-electron chi connectivity index (χ1n) is 7.03. The van der Waals surface area contributed by atoms with Crippen LogP contribution in [0, 0.1) is 5.82 Å². The SMILES string of the molecule is O=C(CNC(=O)c1ccccc1F)OCCOc1ccccc1. The van der Waals surface area contributed by atoms with Crippen LogP contribution in [0.1, 0.15) is 10.4 Å². The van der Waals surface area contributed by atoms with Gasteiger partial charge in [0.25, 0.3) is 5.91 Å². The van der Waals surface area contributed by atoms with E-state index >= 15 is 0 Å². The minimum absolute atomic E-state index is 0.0588. The normalized spacial score (nSPS) is 9.96. The summed E-state index contributed by atoms with van der Waals surface area (Å²) in [6.07, 6.45) is 0. The smallest absolute Gasteiger partial charge is 0.325 e. The van der Waals surface area contributed by atoms with Crippen molar-refractivity contribution in [2.75, 3.05) is 19.8 Å². The van der Waals surface area contributed by atoms with Crippen LogP contribution in [0.5, 0.6) is 5.75 Å². The van der Waals surface area contributed by atoms with Crippen LogP contribution in [0.3, 0.4) is 0 Å². The number of nitrogens with one attached hydrogen (secondary N) is 1. The van der Waals surface area contributed by atoms with Gasteiger partial charge < -0.3 is 14.8 Å². The predicted octanol–water partition coefficient (Wildman–Crippen LogP) is 2.18. The Morgan fingerprint density at radius 1 is 0.957 bits per heavy atom. The Hall–Kier alpha value is -2.89. The molecule has 1 N–H and O–H groups in total. The average Bonchev–Trinajstić information content (AvgIpc) is 2.58. The van der Waals surface area contributed by atoms with Crippen molar-refractivity contribution in [1.82, 2.24) is 5.32 Å². The third kappa shape index (κ3) is 5.43. The molecule has 6 heteroatoms. The zero-order chi connectivity index (χ0) is 16.5. The first kappa shape index (κ1) is 16.5. The van der Waals surface area contributed by atoms with E-state index in [0.29, 0.717) is 5.75 Å². The van der Waals surface area contributed by atoms with E-state index in [2.05, 4.69) is 5.32 Å². The van der Waals surface area contributed by atoms with Gasteiger partial charge in [-0.2, -0.15) is 0 Å². The van der Waals surface area contributed by atoms with Crippen molar-refractivity contribution in [3.8, 4) is 5.75 Å². The minimum atomic E-state index is -0.666. The Kier molecular flexibility index (Phi) is 6.11. The third-order valence-electron chi connectivity index (χ3n) is 2.87. The quantitative estimate of drug-likeness (QED) is 0.628. The van der Waals surface area contributed by atoms with Crippen LogP contribution in [-0.2, 0) is 9.53 Å². The van der Waals surface area contributed by atoms with E-state index in [1.54, 1.807) is 12.1 Å². The van der Waals surface area contributed by atoms with Gasteiger partial charge in [-0.1, -0.05) is 30.3 Å². The summed E-state index contributed by atoms with van der Waals surface area (Å²) in [5.41, 5.74) is -0.118. The molecule has 0 spiro atoms. The third-order valence-corrected chi connectivity index (χ3v) is 2.87. The van der Waals surface area contributed by atoms with Gasteiger partial charge in [-0.3, -0.25) is 9.59 Å². The number of ether oxygens (including phenoxy) is 2. The molecule has 0 aromatic heterocycles. The lowest BCUT2D eigenvalue weighted by molar-refractivity contribution is -0.143. The van der Waals surface area contributed by atoms with Gasteiger partial charge in [0.15, 0.2) is 0 Å². The molecule has 0 radical (unpaired) electrons. The second kappa shape index (κ2) is 8.53. The Labute approximate surface area is 133 Å². The van der Waals surface area contributed by atoms with Crippen LogP contribution in [-0.4, -0.2) is 31.6 Å². The summed E-state index contributed by atoms with van der Waals surface area (Å²) in [5.74, 6) is -1.25. The Balaban J connectivity index is 1.65. The van der Waals surface area contributed by atoms with Crippen molar-refractivity contribution in [1.29, 1.82) is 0 Å². The Morgan fingerprint density at radius 2 is 1.65 bits per heavy atom. The molecule has 2 rings (SSSR count). The fourth-order valence-corrected chi connectivity index (χ4v) is 1.78. The molecule has 0 saturated carbocycles. The van der Waals surface area contributed by atoms with Gasteiger partial charge in [-0.05, 0) is 24.3 Å². The van der Waals surface area contributed by atoms with Crippen molar-refractivity contribution in [3.63, 3.8) is 0 Å². The van der Waals surface area contributed by atoms with Crippen molar-refractivity contribution in [2.24, 2.45) is 0 Å². The number of amides is 1. The maximum absolute atomic E-state index is 13.4. The first-order chi connectivity index (χ1) is 11.2. The molecule has 0 aliphatic heterocycles. The Morgan fingerprint density at radius 3 is 2.39 bits per heavy atom. The number of carbonyl (C=O) groups is 2. The van der Waals surface area contributed by atoms with Gasteiger partial charge in [0.2, 0.25) is 0 Å². The molecule has 0 atom stereocenters. The monoisotopic (exact) mass is 317 g/mol. The molecule has 2 aromatic carbocycles. The molecule has 0 bridgehead atoms. The molecule has 5 nitrogen and oxygen atoms in total. The summed E-state index contributed by atoms with van der Waals surface area (Å²) in [7, 11) is 0. The second-order valence-electron chi connectivity index (χ2n) is 4.54. The molecular formula is C17H16FNO4. The summed E-state index contributed by atoms with van der Waals surface area (Å²) in [6, 6.07) is 14.6. The lowest BCUT2D eigenvalue weighted by Crippen LogP contribution is -2.31. The topological polar surface area (TPSA) is 64.6 Å². The number of rotatable bonds is 7. The van der Waals surface area contributed by atoms with Crippen LogP contribution in [0.4, 0.5) is 4.39 Å². The second-order valence-corrected chi connectivity index (χ2v) is 4.54. The molecule has 0 saturated heterocycles. The average molecular weight is 317 g/mol. The van der Waals surface area contributed by atoms with Crippen LogP contribution in [0.25, 0.3) is 0 Å². The van der Waals surface area contributed by atoms with Gasteiger partial charge in [-0.25, -0.2) is 4.39 Å². The summed E-state index contributed by atoms with van der Waals surface area (Å²) >= 11 is 0. The maximum atomic E-state index is 13.4. The number of halogens is 1. The molecule has 0 aliphatic rings. The molecule has 0 unspecified atom stereocenters. The molecule has 1 amide bonds.